The van der Waals surface area contributed by atoms with Gasteiger partial charge in [0.1, 0.15) is 11.4 Å². The fourth-order valence-corrected chi connectivity index (χ4v) is 4.52. The van der Waals surface area contributed by atoms with E-state index in [-0.39, 0.29) is 23.9 Å². The van der Waals surface area contributed by atoms with Crippen LogP contribution in [0, 0.1) is 13.8 Å². The summed E-state index contributed by atoms with van der Waals surface area (Å²) in [5.74, 6) is -0.512. The molecular weight excluding hydrogens is 424 g/mol. The topological polar surface area (TPSA) is 93.1 Å². The third kappa shape index (κ3) is 4.45. The molecule has 2 heterocycles. The summed E-state index contributed by atoms with van der Waals surface area (Å²) in [4.78, 5) is 43.0. The number of nitrogens with one attached hydrogen (secondary N) is 2. The minimum Gasteiger partial charge on any atom is -0.326 e. The molecule has 0 fully saturated rings. The molecule has 0 aliphatic heterocycles. The number of hydrogen-bond donors (Lipinski definition) is 2. The van der Waals surface area contributed by atoms with Crippen LogP contribution in [0.15, 0.2) is 59.7 Å². The summed E-state index contributed by atoms with van der Waals surface area (Å²) in [5.41, 5.74) is 3.93. The highest BCUT2D eigenvalue weighted by Gasteiger charge is 2.18. The normalized spacial score (nSPS) is 10.8. The highest BCUT2D eigenvalue weighted by atomic mass is 32.1. The second-order valence-corrected chi connectivity index (χ2v) is 8.77. The number of thiophene rings is 1. The van der Waals surface area contributed by atoms with Gasteiger partial charge >= 0.3 is 0 Å². The van der Waals surface area contributed by atoms with Gasteiger partial charge < -0.3 is 10.6 Å². The van der Waals surface area contributed by atoms with Gasteiger partial charge in [-0.1, -0.05) is 29.8 Å². The molecule has 2 aromatic carbocycles. The van der Waals surface area contributed by atoms with Gasteiger partial charge in [0.2, 0.25) is 11.8 Å². The van der Waals surface area contributed by atoms with Crippen molar-refractivity contribution >= 4 is 44.7 Å². The molecule has 0 aliphatic carbocycles. The first-order chi connectivity index (χ1) is 15.3. The molecule has 0 atom stereocenters. The maximum absolute atomic E-state index is 13.2. The minimum atomic E-state index is -0.343. The lowest BCUT2D eigenvalue weighted by molar-refractivity contribution is -0.117. The van der Waals surface area contributed by atoms with E-state index in [1.807, 2.05) is 38.1 Å². The lowest BCUT2D eigenvalue weighted by Gasteiger charge is -2.09. The number of rotatable bonds is 5. The molecule has 2 aromatic heterocycles. The molecule has 162 valence electrons. The van der Waals surface area contributed by atoms with Crippen molar-refractivity contribution in [2.24, 2.45) is 0 Å². The number of fused-ring (bicyclic) bond motifs is 1. The smallest absolute Gasteiger partial charge is 0.263 e. The fourth-order valence-electron chi connectivity index (χ4n) is 3.51. The van der Waals surface area contributed by atoms with Crippen molar-refractivity contribution in [2.45, 2.75) is 27.3 Å². The highest BCUT2D eigenvalue weighted by Crippen LogP contribution is 2.35. The second kappa shape index (κ2) is 8.76. The van der Waals surface area contributed by atoms with E-state index in [0.29, 0.717) is 21.6 Å². The largest absolute Gasteiger partial charge is 0.326 e. The molecule has 32 heavy (non-hydrogen) atoms. The summed E-state index contributed by atoms with van der Waals surface area (Å²) in [6, 6.07) is 14.8. The van der Waals surface area contributed by atoms with Crippen LogP contribution in [0.4, 0.5) is 11.4 Å². The molecule has 0 saturated heterocycles. The average Bonchev–Trinajstić information content (AvgIpc) is 3.08. The van der Waals surface area contributed by atoms with E-state index in [2.05, 4.69) is 15.6 Å². The van der Waals surface area contributed by atoms with Gasteiger partial charge in [-0.25, -0.2) is 4.98 Å². The van der Waals surface area contributed by atoms with E-state index in [4.69, 9.17) is 0 Å². The molecule has 0 aliphatic rings. The van der Waals surface area contributed by atoms with Gasteiger partial charge in [-0.15, -0.1) is 11.3 Å². The predicted molar refractivity (Wildman–Crippen MR) is 128 cm³/mol. The average molecular weight is 447 g/mol. The second-order valence-electron chi connectivity index (χ2n) is 7.56. The number of carbonyl (C=O) groups excluding carboxylic acids is 2. The summed E-state index contributed by atoms with van der Waals surface area (Å²) in [5, 5.41) is 5.97. The van der Waals surface area contributed by atoms with Crippen molar-refractivity contribution in [3.63, 3.8) is 0 Å². The zero-order valence-electron chi connectivity index (χ0n) is 17.9. The summed E-state index contributed by atoms with van der Waals surface area (Å²) in [6.07, 6.45) is 1.42. The number of carbonyl (C=O) groups is 2. The number of anilines is 2. The van der Waals surface area contributed by atoms with Crippen molar-refractivity contribution in [1.82, 2.24) is 9.55 Å². The Morgan fingerprint density at radius 1 is 0.969 bits per heavy atom. The summed E-state index contributed by atoms with van der Waals surface area (Å²) in [6.45, 7) is 5.26. The van der Waals surface area contributed by atoms with E-state index in [0.717, 1.165) is 21.6 Å². The SMILES string of the molecule is CC(=O)Nc1ccc(NC(=O)Cn2cnc3sc(C)c(-c4ccc(C)cc4)c3c2=O)cc1. The van der Waals surface area contributed by atoms with Crippen molar-refractivity contribution in [2.75, 3.05) is 10.6 Å². The number of benzene rings is 2. The molecule has 7 nitrogen and oxygen atoms in total. The first-order valence-corrected chi connectivity index (χ1v) is 10.9. The number of amides is 2. The van der Waals surface area contributed by atoms with Gasteiger partial charge in [0, 0.05) is 28.7 Å². The Labute approximate surface area is 188 Å². The lowest BCUT2D eigenvalue weighted by atomic mass is 10.0. The van der Waals surface area contributed by atoms with E-state index in [1.54, 1.807) is 24.3 Å². The highest BCUT2D eigenvalue weighted by molar-refractivity contribution is 7.19. The van der Waals surface area contributed by atoms with Gasteiger partial charge in [-0.05, 0) is 43.7 Å². The van der Waals surface area contributed by atoms with Crippen LogP contribution in [-0.2, 0) is 16.1 Å². The Hall–Kier alpha value is -3.78. The number of aryl methyl sites for hydroxylation is 2. The lowest BCUT2D eigenvalue weighted by Crippen LogP contribution is -2.27. The van der Waals surface area contributed by atoms with Gasteiger partial charge in [0.05, 0.1) is 11.7 Å². The van der Waals surface area contributed by atoms with Crippen molar-refractivity contribution in [1.29, 1.82) is 0 Å². The first-order valence-electron chi connectivity index (χ1n) is 10.0. The number of hydrogen-bond acceptors (Lipinski definition) is 5. The van der Waals surface area contributed by atoms with Crippen LogP contribution in [0.1, 0.15) is 17.4 Å². The molecule has 4 rings (SSSR count). The maximum atomic E-state index is 13.2. The Kier molecular flexibility index (Phi) is 5.87. The maximum Gasteiger partial charge on any atom is 0.263 e. The molecule has 0 saturated carbocycles. The van der Waals surface area contributed by atoms with Crippen LogP contribution in [0.5, 0.6) is 0 Å². The summed E-state index contributed by atoms with van der Waals surface area (Å²) in [7, 11) is 0. The predicted octanol–water partition coefficient (Wildman–Crippen LogP) is 4.34. The Morgan fingerprint density at radius 3 is 2.22 bits per heavy atom. The quantitative estimate of drug-likeness (QED) is 0.477. The molecule has 2 amide bonds. The summed E-state index contributed by atoms with van der Waals surface area (Å²) < 4.78 is 1.33. The van der Waals surface area contributed by atoms with Crippen molar-refractivity contribution in [3.05, 3.63) is 75.7 Å². The van der Waals surface area contributed by atoms with Gasteiger partial charge in [0.25, 0.3) is 5.56 Å². The standard InChI is InChI=1S/C24H22N4O3S/c1-14-4-6-17(7-5-14)21-15(2)32-23-22(21)24(31)28(13-25-23)12-20(30)27-19-10-8-18(9-11-19)26-16(3)29/h4-11,13H,12H2,1-3H3,(H,26,29)(H,27,30). The fraction of sp³-hybridized carbons (Fsp3) is 0.167. The Morgan fingerprint density at radius 2 is 1.59 bits per heavy atom. The molecule has 0 spiro atoms. The van der Waals surface area contributed by atoms with Crippen molar-refractivity contribution < 1.29 is 9.59 Å². The van der Waals surface area contributed by atoms with Crippen LogP contribution in [0.2, 0.25) is 0 Å². The van der Waals surface area contributed by atoms with Crippen LogP contribution in [-0.4, -0.2) is 21.4 Å². The summed E-state index contributed by atoms with van der Waals surface area (Å²) >= 11 is 1.47. The van der Waals surface area contributed by atoms with Gasteiger partial charge in [-0.3, -0.25) is 19.0 Å². The van der Waals surface area contributed by atoms with Crippen LogP contribution < -0.4 is 16.2 Å². The third-order valence-electron chi connectivity index (χ3n) is 5.00. The zero-order valence-corrected chi connectivity index (χ0v) is 18.7. The number of nitrogens with zero attached hydrogens (tertiary/aromatic N) is 2. The minimum absolute atomic E-state index is 0.155. The number of aromatic nitrogens is 2. The van der Waals surface area contributed by atoms with Gasteiger partial charge in [-0.2, -0.15) is 0 Å². The van der Waals surface area contributed by atoms with Crippen molar-refractivity contribution in [3.8, 4) is 11.1 Å². The third-order valence-corrected chi connectivity index (χ3v) is 6.01. The van der Waals surface area contributed by atoms with Crippen LogP contribution in [0.3, 0.4) is 0 Å². The van der Waals surface area contributed by atoms with E-state index < -0.39 is 0 Å². The molecule has 8 heteroatoms. The zero-order chi connectivity index (χ0) is 22.8. The Balaban J connectivity index is 1.59. The van der Waals surface area contributed by atoms with Crippen LogP contribution >= 0.6 is 11.3 Å². The molecule has 0 unspecified atom stereocenters. The van der Waals surface area contributed by atoms with E-state index in [1.165, 1.54) is 29.2 Å². The molecule has 0 bridgehead atoms. The van der Waals surface area contributed by atoms with Gasteiger partial charge in [0.15, 0.2) is 0 Å². The van der Waals surface area contributed by atoms with E-state index >= 15 is 0 Å². The first kappa shape index (κ1) is 21.5. The molecule has 2 N–H and O–H groups in total. The van der Waals surface area contributed by atoms with Crippen LogP contribution in [0.25, 0.3) is 21.3 Å². The molecule has 0 radical (unpaired) electrons. The monoisotopic (exact) mass is 446 g/mol. The molecular formula is C24H22N4O3S. The molecule has 4 aromatic rings. The Bertz CT molecular complexity index is 1370. The van der Waals surface area contributed by atoms with E-state index in [9.17, 15) is 14.4 Å².